The van der Waals surface area contributed by atoms with Gasteiger partial charge in [0.05, 0.1) is 7.11 Å². The number of thiophene rings is 1. The molecule has 23 heavy (non-hydrogen) atoms. The SMILES string of the molecule is COc1cc(/C=C/C(=O)c2cc(C)sc2C)ccc1OC(F)F. The Morgan fingerprint density at radius 2 is 1.96 bits per heavy atom. The van der Waals surface area contributed by atoms with Gasteiger partial charge in [-0.25, -0.2) is 0 Å². The largest absolute Gasteiger partial charge is 0.493 e. The van der Waals surface area contributed by atoms with Crippen molar-refractivity contribution in [1.29, 1.82) is 0 Å². The van der Waals surface area contributed by atoms with Gasteiger partial charge in [-0.3, -0.25) is 4.79 Å². The van der Waals surface area contributed by atoms with Crippen LogP contribution >= 0.6 is 11.3 Å². The Morgan fingerprint density at radius 1 is 1.22 bits per heavy atom. The van der Waals surface area contributed by atoms with E-state index in [4.69, 9.17) is 4.74 Å². The first kappa shape index (κ1) is 17.1. The van der Waals surface area contributed by atoms with Crippen molar-refractivity contribution < 1.29 is 23.0 Å². The number of hydrogen-bond acceptors (Lipinski definition) is 4. The molecule has 0 amide bonds. The second-order valence-corrected chi connectivity index (χ2v) is 6.27. The van der Waals surface area contributed by atoms with E-state index in [1.807, 2.05) is 19.9 Å². The molecule has 1 aromatic carbocycles. The first-order valence-corrected chi connectivity index (χ1v) is 7.64. The Kier molecular flexibility index (Phi) is 5.50. The van der Waals surface area contributed by atoms with Gasteiger partial charge >= 0.3 is 6.61 Å². The molecule has 0 radical (unpaired) electrons. The summed E-state index contributed by atoms with van der Waals surface area (Å²) >= 11 is 1.57. The molecule has 0 fully saturated rings. The maximum absolute atomic E-state index is 12.3. The van der Waals surface area contributed by atoms with Gasteiger partial charge in [0, 0.05) is 15.3 Å². The van der Waals surface area contributed by atoms with Crippen LogP contribution in [0.1, 0.15) is 25.7 Å². The Bertz CT molecular complexity index is 735. The zero-order valence-corrected chi connectivity index (χ0v) is 13.7. The van der Waals surface area contributed by atoms with Crippen molar-refractivity contribution in [3.05, 3.63) is 51.2 Å². The summed E-state index contributed by atoms with van der Waals surface area (Å²) in [6.45, 7) is 0.930. The molecule has 1 heterocycles. The van der Waals surface area contributed by atoms with E-state index < -0.39 is 6.61 Å². The van der Waals surface area contributed by atoms with Crippen molar-refractivity contribution in [3.8, 4) is 11.5 Å². The van der Waals surface area contributed by atoms with Crippen LogP contribution in [0.5, 0.6) is 11.5 Å². The zero-order chi connectivity index (χ0) is 17.0. The lowest BCUT2D eigenvalue weighted by Crippen LogP contribution is -2.03. The Hall–Kier alpha value is -2.21. The number of hydrogen-bond donors (Lipinski definition) is 0. The quantitative estimate of drug-likeness (QED) is 0.557. The average Bonchev–Trinajstić information content (AvgIpc) is 2.84. The highest BCUT2D eigenvalue weighted by molar-refractivity contribution is 7.12. The zero-order valence-electron chi connectivity index (χ0n) is 12.9. The van der Waals surface area contributed by atoms with E-state index in [1.165, 1.54) is 25.3 Å². The van der Waals surface area contributed by atoms with Crippen LogP contribution in [0.2, 0.25) is 0 Å². The van der Waals surface area contributed by atoms with Crippen molar-refractivity contribution in [3.63, 3.8) is 0 Å². The van der Waals surface area contributed by atoms with E-state index in [-0.39, 0.29) is 17.3 Å². The molecule has 1 aromatic heterocycles. The number of carbonyl (C=O) groups excluding carboxylic acids is 1. The minimum absolute atomic E-state index is 0.0460. The van der Waals surface area contributed by atoms with E-state index >= 15 is 0 Å². The van der Waals surface area contributed by atoms with E-state index in [1.54, 1.807) is 23.5 Å². The molecule has 0 unspecified atom stereocenters. The van der Waals surface area contributed by atoms with Crippen LogP contribution in [0.25, 0.3) is 6.08 Å². The summed E-state index contributed by atoms with van der Waals surface area (Å²) in [6.07, 6.45) is 3.07. The van der Waals surface area contributed by atoms with E-state index in [9.17, 15) is 13.6 Å². The van der Waals surface area contributed by atoms with Crippen LogP contribution < -0.4 is 9.47 Å². The fourth-order valence-electron chi connectivity index (χ4n) is 2.12. The molecule has 2 rings (SSSR count). The fraction of sp³-hybridized carbons (Fsp3) is 0.235. The monoisotopic (exact) mass is 338 g/mol. The smallest absolute Gasteiger partial charge is 0.387 e. The van der Waals surface area contributed by atoms with Crippen LogP contribution in [0.4, 0.5) is 8.78 Å². The van der Waals surface area contributed by atoms with Crippen molar-refractivity contribution in [2.75, 3.05) is 7.11 Å². The Balaban J connectivity index is 2.19. The first-order valence-electron chi connectivity index (χ1n) is 6.83. The lowest BCUT2D eigenvalue weighted by atomic mass is 10.1. The molecule has 0 N–H and O–H groups in total. The summed E-state index contributed by atoms with van der Waals surface area (Å²) in [5.41, 5.74) is 1.33. The molecule has 0 saturated heterocycles. The molecule has 2 aromatic rings. The van der Waals surface area contributed by atoms with Crippen molar-refractivity contribution >= 4 is 23.2 Å². The molecule has 0 bridgehead atoms. The van der Waals surface area contributed by atoms with Crippen LogP contribution in [0.15, 0.2) is 30.3 Å². The molecule has 122 valence electrons. The summed E-state index contributed by atoms with van der Waals surface area (Å²) in [5.74, 6) is 0.0384. The minimum Gasteiger partial charge on any atom is -0.493 e. The highest BCUT2D eigenvalue weighted by atomic mass is 32.1. The fourth-order valence-corrected chi connectivity index (χ4v) is 3.05. The average molecular weight is 338 g/mol. The van der Waals surface area contributed by atoms with Crippen LogP contribution in [0, 0.1) is 13.8 Å². The van der Waals surface area contributed by atoms with Gasteiger partial charge in [0.25, 0.3) is 0 Å². The number of ether oxygens (including phenoxy) is 2. The molecule has 6 heteroatoms. The number of carbonyl (C=O) groups is 1. The van der Waals surface area contributed by atoms with Crippen LogP contribution in [-0.2, 0) is 0 Å². The highest BCUT2D eigenvalue weighted by Gasteiger charge is 2.11. The molecule has 0 aliphatic carbocycles. The standard InChI is InChI=1S/C17H16F2O3S/c1-10-8-13(11(2)23-10)14(20)6-4-12-5-7-15(22-17(18)19)16(9-12)21-3/h4-9,17H,1-3H3/b6-4+. The maximum Gasteiger partial charge on any atom is 0.387 e. The first-order chi connectivity index (χ1) is 10.9. The van der Waals surface area contributed by atoms with Gasteiger partial charge in [-0.1, -0.05) is 12.1 Å². The van der Waals surface area contributed by atoms with Crippen molar-refractivity contribution in [2.24, 2.45) is 0 Å². The van der Waals surface area contributed by atoms with Gasteiger partial charge in [0.15, 0.2) is 17.3 Å². The number of aryl methyl sites for hydroxylation is 2. The number of methoxy groups -OCH3 is 1. The van der Waals surface area contributed by atoms with Gasteiger partial charge < -0.3 is 9.47 Å². The predicted octanol–water partition coefficient (Wildman–Crippen LogP) is 4.87. The third-order valence-corrected chi connectivity index (χ3v) is 4.10. The molecule has 0 spiro atoms. The van der Waals surface area contributed by atoms with Gasteiger partial charge in [-0.15, -0.1) is 11.3 Å². The summed E-state index contributed by atoms with van der Waals surface area (Å²) in [7, 11) is 1.36. The number of benzene rings is 1. The molecule has 0 saturated carbocycles. The lowest BCUT2D eigenvalue weighted by Gasteiger charge is -2.10. The number of allylic oxidation sites excluding steroid dienone is 1. The Morgan fingerprint density at radius 3 is 2.52 bits per heavy atom. The van der Waals surface area contributed by atoms with Gasteiger partial charge in [0.2, 0.25) is 0 Å². The highest BCUT2D eigenvalue weighted by Crippen LogP contribution is 2.30. The van der Waals surface area contributed by atoms with E-state index in [2.05, 4.69) is 4.74 Å². The third-order valence-electron chi connectivity index (χ3n) is 3.14. The van der Waals surface area contributed by atoms with Crippen molar-refractivity contribution in [2.45, 2.75) is 20.5 Å². The molecular formula is C17H16F2O3S. The molecule has 0 aliphatic heterocycles. The van der Waals surface area contributed by atoms with Crippen LogP contribution in [0.3, 0.4) is 0 Å². The number of alkyl halides is 2. The maximum atomic E-state index is 12.3. The second kappa shape index (κ2) is 7.37. The second-order valence-electron chi connectivity index (χ2n) is 4.81. The number of halogens is 2. The lowest BCUT2D eigenvalue weighted by molar-refractivity contribution is -0.0512. The third kappa shape index (κ3) is 4.39. The summed E-state index contributed by atoms with van der Waals surface area (Å²) in [4.78, 5) is 14.2. The van der Waals surface area contributed by atoms with E-state index in [0.29, 0.717) is 11.1 Å². The van der Waals surface area contributed by atoms with Crippen LogP contribution in [-0.4, -0.2) is 19.5 Å². The molecular weight excluding hydrogens is 322 g/mol. The number of ketones is 1. The minimum atomic E-state index is -2.92. The summed E-state index contributed by atoms with van der Waals surface area (Å²) in [6, 6.07) is 6.35. The van der Waals surface area contributed by atoms with E-state index in [0.717, 1.165) is 9.75 Å². The molecule has 0 aliphatic rings. The summed E-state index contributed by atoms with van der Waals surface area (Å²) in [5, 5.41) is 0. The van der Waals surface area contributed by atoms with Gasteiger partial charge in [-0.2, -0.15) is 8.78 Å². The predicted molar refractivity (Wildman–Crippen MR) is 86.8 cm³/mol. The van der Waals surface area contributed by atoms with Crippen molar-refractivity contribution in [1.82, 2.24) is 0 Å². The van der Waals surface area contributed by atoms with Gasteiger partial charge in [0.1, 0.15) is 0 Å². The van der Waals surface area contributed by atoms with Gasteiger partial charge in [-0.05, 0) is 43.7 Å². The molecule has 3 nitrogen and oxygen atoms in total. The topological polar surface area (TPSA) is 35.5 Å². The number of rotatable bonds is 6. The normalized spacial score (nSPS) is 11.2. The molecule has 0 atom stereocenters. The Labute approximate surface area is 137 Å². The summed E-state index contributed by atoms with van der Waals surface area (Å²) < 4.78 is 33.9.